The maximum atomic E-state index is 10.4. The van der Waals surface area contributed by atoms with E-state index in [2.05, 4.69) is 36.1 Å². The van der Waals surface area contributed by atoms with Crippen LogP contribution in [0.3, 0.4) is 0 Å². The molecule has 14 heavy (non-hydrogen) atoms. The Kier molecular flexibility index (Phi) is 2.53. The summed E-state index contributed by atoms with van der Waals surface area (Å²) >= 11 is 0. The van der Waals surface area contributed by atoms with Gasteiger partial charge in [0.05, 0.1) is 0 Å². The summed E-state index contributed by atoms with van der Waals surface area (Å²) in [6, 6.07) is 8.59. The van der Waals surface area contributed by atoms with Crippen molar-refractivity contribution in [1.29, 1.82) is 0 Å². The highest BCUT2D eigenvalue weighted by molar-refractivity contribution is 5.62. The first-order chi connectivity index (χ1) is 6.83. The number of hydrogen-bond acceptors (Lipinski definition) is 2. The molecule has 2 rings (SSSR count). The van der Waals surface area contributed by atoms with Crippen LogP contribution in [0, 0.1) is 5.92 Å². The van der Waals surface area contributed by atoms with Gasteiger partial charge in [0.2, 0.25) is 0 Å². The third-order valence-electron chi connectivity index (χ3n) is 2.81. The van der Waals surface area contributed by atoms with Gasteiger partial charge in [0, 0.05) is 24.7 Å². The SMILES string of the molecule is CCc1ccc(N2CC(C=O)C2)cc1. The van der Waals surface area contributed by atoms with Gasteiger partial charge in [-0.2, -0.15) is 0 Å². The second-order valence-electron chi connectivity index (χ2n) is 3.82. The summed E-state index contributed by atoms with van der Waals surface area (Å²) in [5, 5.41) is 0. The Balaban J connectivity index is 2.01. The second-order valence-corrected chi connectivity index (χ2v) is 3.82. The minimum Gasteiger partial charge on any atom is -0.370 e. The van der Waals surface area contributed by atoms with Gasteiger partial charge in [0.15, 0.2) is 0 Å². The molecule has 2 nitrogen and oxygen atoms in total. The fraction of sp³-hybridized carbons (Fsp3) is 0.417. The molecule has 0 aliphatic carbocycles. The van der Waals surface area contributed by atoms with E-state index in [0.29, 0.717) is 0 Å². The average molecular weight is 189 g/mol. The minimum atomic E-state index is 0.251. The summed E-state index contributed by atoms with van der Waals surface area (Å²) < 4.78 is 0. The predicted molar refractivity (Wildman–Crippen MR) is 57.6 cm³/mol. The Morgan fingerprint density at radius 2 is 2.00 bits per heavy atom. The largest absolute Gasteiger partial charge is 0.370 e. The van der Waals surface area contributed by atoms with Crippen molar-refractivity contribution in [3.63, 3.8) is 0 Å². The minimum absolute atomic E-state index is 0.251. The lowest BCUT2D eigenvalue weighted by Crippen LogP contribution is -2.47. The van der Waals surface area contributed by atoms with Crippen LogP contribution in [0.15, 0.2) is 24.3 Å². The lowest BCUT2D eigenvalue weighted by atomic mass is 10.0. The molecule has 1 heterocycles. The van der Waals surface area contributed by atoms with Crippen molar-refractivity contribution in [1.82, 2.24) is 0 Å². The molecule has 1 fully saturated rings. The van der Waals surface area contributed by atoms with Crippen molar-refractivity contribution in [2.24, 2.45) is 5.92 Å². The third kappa shape index (κ3) is 1.65. The van der Waals surface area contributed by atoms with Crippen molar-refractivity contribution in [2.45, 2.75) is 13.3 Å². The van der Waals surface area contributed by atoms with E-state index in [-0.39, 0.29) is 5.92 Å². The molecule has 0 saturated carbocycles. The Morgan fingerprint density at radius 1 is 1.36 bits per heavy atom. The zero-order valence-corrected chi connectivity index (χ0v) is 8.44. The quantitative estimate of drug-likeness (QED) is 0.677. The van der Waals surface area contributed by atoms with Crippen molar-refractivity contribution in [2.75, 3.05) is 18.0 Å². The summed E-state index contributed by atoms with van der Waals surface area (Å²) in [4.78, 5) is 12.7. The van der Waals surface area contributed by atoms with Gasteiger partial charge >= 0.3 is 0 Å². The highest BCUT2D eigenvalue weighted by atomic mass is 16.1. The number of hydrogen-bond donors (Lipinski definition) is 0. The van der Waals surface area contributed by atoms with Gasteiger partial charge in [0.1, 0.15) is 6.29 Å². The monoisotopic (exact) mass is 189 g/mol. The summed E-state index contributed by atoms with van der Waals surface area (Å²) in [6.45, 7) is 3.92. The first kappa shape index (κ1) is 9.25. The van der Waals surface area contributed by atoms with E-state index >= 15 is 0 Å². The van der Waals surface area contributed by atoms with Crippen molar-refractivity contribution < 1.29 is 4.79 Å². The van der Waals surface area contributed by atoms with Crippen LogP contribution >= 0.6 is 0 Å². The lowest BCUT2D eigenvalue weighted by molar-refractivity contribution is -0.111. The van der Waals surface area contributed by atoms with Crippen LogP contribution < -0.4 is 4.90 Å². The summed E-state index contributed by atoms with van der Waals surface area (Å²) in [7, 11) is 0. The number of benzene rings is 1. The Hall–Kier alpha value is -1.31. The van der Waals surface area contributed by atoms with Gasteiger partial charge in [-0.3, -0.25) is 0 Å². The average Bonchev–Trinajstić information content (AvgIpc) is 2.17. The molecule has 0 amide bonds. The molecule has 0 atom stereocenters. The standard InChI is InChI=1S/C12H15NO/c1-2-10-3-5-12(6-4-10)13-7-11(8-13)9-14/h3-6,9,11H,2,7-8H2,1H3. The van der Waals surface area contributed by atoms with Crippen LogP contribution in [0.5, 0.6) is 0 Å². The zero-order chi connectivity index (χ0) is 9.97. The molecular weight excluding hydrogens is 174 g/mol. The lowest BCUT2D eigenvalue weighted by Gasteiger charge is -2.38. The predicted octanol–water partition coefficient (Wildman–Crippen LogP) is 1.88. The first-order valence-electron chi connectivity index (χ1n) is 5.12. The molecule has 2 heteroatoms. The number of aldehydes is 1. The second kappa shape index (κ2) is 3.82. The number of carbonyl (C=O) groups excluding carboxylic acids is 1. The fourth-order valence-electron chi connectivity index (χ4n) is 1.75. The molecule has 1 aliphatic rings. The Morgan fingerprint density at radius 3 is 2.50 bits per heavy atom. The van der Waals surface area contributed by atoms with Gasteiger partial charge in [-0.05, 0) is 24.1 Å². The zero-order valence-electron chi connectivity index (χ0n) is 8.44. The number of anilines is 1. The maximum absolute atomic E-state index is 10.4. The first-order valence-corrected chi connectivity index (χ1v) is 5.12. The third-order valence-corrected chi connectivity index (χ3v) is 2.81. The number of aryl methyl sites for hydroxylation is 1. The van der Waals surface area contributed by atoms with E-state index in [9.17, 15) is 4.79 Å². The highest BCUT2D eigenvalue weighted by Gasteiger charge is 2.25. The van der Waals surface area contributed by atoms with E-state index in [1.807, 2.05) is 0 Å². The molecule has 74 valence electrons. The molecule has 1 aliphatic heterocycles. The smallest absolute Gasteiger partial charge is 0.126 e. The van der Waals surface area contributed by atoms with Crippen molar-refractivity contribution >= 4 is 12.0 Å². The van der Waals surface area contributed by atoms with Gasteiger partial charge in [0.25, 0.3) is 0 Å². The molecule has 0 aromatic heterocycles. The van der Waals surface area contributed by atoms with Crippen molar-refractivity contribution in [3.8, 4) is 0 Å². The summed E-state index contributed by atoms with van der Waals surface area (Å²) in [6.07, 6.45) is 2.13. The molecule has 0 bridgehead atoms. The van der Waals surface area contributed by atoms with Crippen LogP contribution in [-0.2, 0) is 11.2 Å². The van der Waals surface area contributed by atoms with E-state index in [1.165, 1.54) is 11.3 Å². The molecule has 0 spiro atoms. The maximum Gasteiger partial charge on any atom is 0.126 e. The molecule has 0 N–H and O–H groups in total. The molecule has 0 radical (unpaired) electrons. The topological polar surface area (TPSA) is 20.3 Å². The normalized spacial score (nSPS) is 16.5. The molecular formula is C12H15NO. The molecule has 0 unspecified atom stereocenters. The van der Waals surface area contributed by atoms with Gasteiger partial charge < -0.3 is 9.69 Å². The molecule has 1 saturated heterocycles. The van der Waals surface area contributed by atoms with E-state index < -0.39 is 0 Å². The van der Waals surface area contributed by atoms with E-state index in [0.717, 1.165) is 25.8 Å². The summed E-state index contributed by atoms with van der Waals surface area (Å²) in [5.74, 6) is 0.251. The molecule has 1 aromatic rings. The van der Waals surface area contributed by atoms with Gasteiger partial charge in [-0.1, -0.05) is 19.1 Å². The van der Waals surface area contributed by atoms with Crippen LogP contribution in [0.25, 0.3) is 0 Å². The van der Waals surface area contributed by atoms with Gasteiger partial charge in [-0.25, -0.2) is 0 Å². The number of nitrogens with zero attached hydrogens (tertiary/aromatic N) is 1. The van der Waals surface area contributed by atoms with Gasteiger partial charge in [-0.15, -0.1) is 0 Å². The molecule has 1 aromatic carbocycles. The van der Waals surface area contributed by atoms with Crippen LogP contribution in [-0.4, -0.2) is 19.4 Å². The Labute approximate surface area is 84.5 Å². The van der Waals surface area contributed by atoms with Crippen LogP contribution in [0.2, 0.25) is 0 Å². The summed E-state index contributed by atoms with van der Waals surface area (Å²) in [5.41, 5.74) is 2.60. The van der Waals surface area contributed by atoms with Crippen LogP contribution in [0.1, 0.15) is 12.5 Å². The van der Waals surface area contributed by atoms with Crippen molar-refractivity contribution in [3.05, 3.63) is 29.8 Å². The Bertz CT molecular complexity index is 312. The fourth-order valence-corrected chi connectivity index (χ4v) is 1.75. The van der Waals surface area contributed by atoms with E-state index in [1.54, 1.807) is 0 Å². The van der Waals surface area contributed by atoms with E-state index in [4.69, 9.17) is 0 Å². The highest BCUT2D eigenvalue weighted by Crippen LogP contribution is 2.23. The van der Waals surface area contributed by atoms with Crippen LogP contribution in [0.4, 0.5) is 5.69 Å². The number of rotatable bonds is 3. The number of carbonyl (C=O) groups is 1.